The summed E-state index contributed by atoms with van der Waals surface area (Å²) < 4.78 is 13.4. The van der Waals surface area contributed by atoms with Gasteiger partial charge in [-0.3, -0.25) is 9.69 Å². The van der Waals surface area contributed by atoms with Crippen LogP contribution in [0.3, 0.4) is 0 Å². The molecule has 5 heteroatoms. The molecule has 0 bridgehead atoms. The lowest BCUT2D eigenvalue weighted by molar-refractivity contribution is -0.117. The Morgan fingerprint density at radius 1 is 1.56 bits per heavy atom. The van der Waals surface area contributed by atoms with Crippen LogP contribution in [0.1, 0.15) is 19.8 Å². The largest absolute Gasteiger partial charge is 0.508 e. The minimum absolute atomic E-state index is 0.102. The molecule has 0 spiro atoms. The number of phenolic OH excluding ortho intramolecular Hbond substituents is 1. The lowest BCUT2D eigenvalue weighted by atomic mass is 10.3. The van der Waals surface area contributed by atoms with E-state index in [1.54, 1.807) is 0 Å². The molecule has 4 nitrogen and oxygen atoms in total. The summed E-state index contributed by atoms with van der Waals surface area (Å²) in [6.45, 7) is 3.10. The first-order valence-corrected chi connectivity index (χ1v) is 6.12. The van der Waals surface area contributed by atoms with E-state index in [4.69, 9.17) is 5.11 Å². The number of anilines is 1. The van der Waals surface area contributed by atoms with Crippen LogP contribution in [-0.4, -0.2) is 35.0 Å². The Balaban J connectivity index is 1.93. The fraction of sp³-hybridized carbons (Fsp3) is 0.462. The van der Waals surface area contributed by atoms with Crippen LogP contribution in [-0.2, 0) is 4.79 Å². The molecule has 1 amide bonds. The van der Waals surface area contributed by atoms with E-state index < -0.39 is 5.82 Å². The highest BCUT2D eigenvalue weighted by Gasteiger charge is 2.29. The molecule has 0 heterocycles. The summed E-state index contributed by atoms with van der Waals surface area (Å²) in [5, 5.41) is 11.6. The molecule has 1 fully saturated rings. The van der Waals surface area contributed by atoms with Gasteiger partial charge in [-0.2, -0.15) is 0 Å². The van der Waals surface area contributed by atoms with Gasteiger partial charge in [0.25, 0.3) is 0 Å². The Bertz CT molecular complexity index is 447. The van der Waals surface area contributed by atoms with Crippen LogP contribution >= 0.6 is 0 Å². The number of hydrogen-bond acceptors (Lipinski definition) is 3. The molecule has 1 aromatic carbocycles. The summed E-state index contributed by atoms with van der Waals surface area (Å²) in [6, 6.07) is 4.19. The summed E-state index contributed by atoms with van der Waals surface area (Å²) in [4.78, 5) is 13.8. The smallest absolute Gasteiger partial charge is 0.238 e. The van der Waals surface area contributed by atoms with Crippen molar-refractivity contribution in [2.75, 3.05) is 18.4 Å². The van der Waals surface area contributed by atoms with Gasteiger partial charge in [-0.1, -0.05) is 6.92 Å². The summed E-state index contributed by atoms with van der Waals surface area (Å²) >= 11 is 0. The third kappa shape index (κ3) is 3.20. The molecule has 2 N–H and O–H groups in total. The standard InChI is InChI=1S/C13H17FN2O2/c1-2-16(9-3-4-9)8-13(18)15-12-6-5-10(17)7-11(12)14/h5-7,9,17H,2-4,8H2,1H3,(H,15,18). The van der Waals surface area contributed by atoms with Crippen LogP contribution in [0.4, 0.5) is 10.1 Å². The van der Waals surface area contributed by atoms with Crippen molar-refractivity contribution in [1.82, 2.24) is 4.90 Å². The van der Waals surface area contributed by atoms with E-state index in [9.17, 15) is 9.18 Å². The molecular weight excluding hydrogens is 235 g/mol. The number of nitrogens with one attached hydrogen (secondary N) is 1. The molecule has 0 aliphatic heterocycles. The molecule has 0 saturated heterocycles. The molecule has 1 aliphatic carbocycles. The first-order valence-electron chi connectivity index (χ1n) is 6.12. The lowest BCUT2D eigenvalue weighted by Crippen LogP contribution is -2.34. The number of rotatable bonds is 5. The van der Waals surface area contributed by atoms with Gasteiger partial charge in [-0.15, -0.1) is 0 Å². The molecule has 1 aliphatic rings. The number of phenols is 1. The maximum atomic E-state index is 13.4. The first-order chi connectivity index (χ1) is 8.60. The monoisotopic (exact) mass is 252 g/mol. The third-order valence-corrected chi connectivity index (χ3v) is 3.04. The van der Waals surface area contributed by atoms with Gasteiger partial charge in [-0.05, 0) is 31.5 Å². The summed E-state index contributed by atoms with van der Waals surface area (Å²) in [7, 11) is 0. The minimum Gasteiger partial charge on any atom is -0.508 e. The van der Waals surface area contributed by atoms with Crippen LogP contribution in [0, 0.1) is 5.82 Å². The zero-order valence-electron chi connectivity index (χ0n) is 10.3. The highest BCUT2D eigenvalue weighted by molar-refractivity contribution is 5.92. The van der Waals surface area contributed by atoms with Crippen molar-refractivity contribution < 1.29 is 14.3 Å². The normalized spacial score (nSPS) is 14.8. The van der Waals surface area contributed by atoms with Crippen molar-refractivity contribution >= 4 is 11.6 Å². The number of halogens is 1. The van der Waals surface area contributed by atoms with Crippen molar-refractivity contribution in [3.63, 3.8) is 0 Å². The number of nitrogens with zero attached hydrogens (tertiary/aromatic N) is 1. The number of likely N-dealkylation sites (N-methyl/N-ethyl adjacent to an activating group) is 1. The number of carbonyl (C=O) groups is 1. The third-order valence-electron chi connectivity index (χ3n) is 3.04. The van der Waals surface area contributed by atoms with Gasteiger partial charge in [0.15, 0.2) is 0 Å². The average molecular weight is 252 g/mol. The maximum Gasteiger partial charge on any atom is 0.238 e. The number of aromatic hydroxyl groups is 1. The molecule has 1 saturated carbocycles. The van der Waals surface area contributed by atoms with Gasteiger partial charge in [0.1, 0.15) is 11.6 Å². The van der Waals surface area contributed by atoms with Gasteiger partial charge < -0.3 is 10.4 Å². The van der Waals surface area contributed by atoms with Gasteiger partial charge in [0.05, 0.1) is 12.2 Å². The van der Waals surface area contributed by atoms with E-state index >= 15 is 0 Å². The Kier molecular flexibility index (Phi) is 3.81. The molecule has 0 unspecified atom stereocenters. The molecular formula is C13H17FN2O2. The fourth-order valence-electron chi connectivity index (χ4n) is 1.92. The lowest BCUT2D eigenvalue weighted by Gasteiger charge is -2.19. The SMILES string of the molecule is CCN(CC(=O)Nc1ccc(O)cc1F)C1CC1. The van der Waals surface area contributed by atoms with E-state index in [1.807, 2.05) is 6.92 Å². The molecule has 0 atom stereocenters. The Labute approximate surface area is 105 Å². The second-order valence-corrected chi connectivity index (χ2v) is 4.51. The van der Waals surface area contributed by atoms with Gasteiger partial charge in [0, 0.05) is 12.1 Å². The van der Waals surface area contributed by atoms with E-state index in [-0.39, 0.29) is 23.9 Å². The summed E-state index contributed by atoms with van der Waals surface area (Å²) in [5.74, 6) is -1.01. The van der Waals surface area contributed by atoms with Crippen molar-refractivity contribution in [2.24, 2.45) is 0 Å². The molecule has 2 rings (SSSR count). The Morgan fingerprint density at radius 2 is 2.28 bits per heavy atom. The van der Waals surface area contributed by atoms with Crippen molar-refractivity contribution in [3.05, 3.63) is 24.0 Å². The second-order valence-electron chi connectivity index (χ2n) is 4.51. The number of amides is 1. The molecule has 18 heavy (non-hydrogen) atoms. The summed E-state index contributed by atoms with van der Waals surface area (Å²) in [5.41, 5.74) is 0.102. The van der Waals surface area contributed by atoms with Crippen molar-refractivity contribution in [3.8, 4) is 5.75 Å². The van der Waals surface area contributed by atoms with Crippen LogP contribution in [0.5, 0.6) is 5.75 Å². The van der Waals surface area contributed by atoms with Crippen molar-refractivity contribution in [2.45, 2.75) is 25.8 Å². The van der Waals surface area contributed by atoms with E-state index in [0.717, 1.165) is 25.5 Å². The van der Waals surface area contributed by atoms with E-state index in [2.05, 4.69) is 10.2 Å². The van der Waals surface area contributed by atoms with Crippen molar-refractivity contribution in [1.29, 1.82) is 0 Å². The average Bonchev–Trinajstić information content (AvgIpc) is 3.14. The highest BCUT2D eigenvalue weighted by Crippen LogP contribution is 2.26. The molecule has 1 aromatic rings. The molecule has 98 valence electrons. The van der Waals surface area contributed by atoms with Crippen LogP contribution in [0.25, 0.3) is 0 Å². The quantitative estimate of drug-likeness (QED) is 0.788. The topological polar surface area (TPSA) is 52.6 Å². The maximum absolute atomic E-state index is 13.4. The van der Waals surface area contributed by atoms with Crippen LogP contribution in [0.2, 0.25) is 0 Å². The van der Waals surface area contributed by atoms with Gasteiger partial charge in [0.2, 0.25) is 5.91 Å². The fourth-order valence-corrected chi connectivity index (χ4v) is 1.92. The Hall–Kier alpha value is -1.62. The summed E-state index contributed by atoms with van der Waals surface area (Å²) in [6.07, 6.45) is 2.27. The van der Waals surface area contributed by atoms with Gasteiger partial charge >= 0.3 is 0 Å². The minimum atomic E-state index is -0.627. The molecule has 0 aromatic heterocycles. The zero-order valence-corrected chi connectivity index (χ0v) is 10.3. The predicted molar refractivity (Wildman–Crippen MR) is 67.0 cm³/mol. The number of hydrogen-bond donors (Lipinski definition) is 2. The van der Waals surface area contributed by atoms with E-state index in [1.165, 1.54) is 12.1 Å². The van der Waals surface area contributed by atoms with Crippen LogP contribution < -0.4 is 5.32 Å². The number of carbonyl (C=O) groups excluding carboxylic acids is 1. The first kappa shape index (κ1) is 12.8. The number of benzene rings is 1. The predicted octanol–water partition coefficient (Wildman–Crippen LogP) is 1.95. The van der Waals surface area contributed by atoms with E-state index in [0.29, 0.717) is 6.04 Å². The zero-order chi connectivity index (χ0) is 13.1. The Morgan fingerprint density at radius 3 is 2.83 bits per heavy atom. The second kappa shape index (κ2) is 5.35. The molecule has 0 radical (unpaired) electrons. The highest BCUT2D eigenvalue weighted by atomic mass is 19.1. The van der Waals surface area contributed by atoms with Crippen LogP contribution in [0.15, 0.2) is 18.2 Å². The van der Waals surface area contributed by atoms with Gasteiger partial charge in [-0.25, -0.2) is 4.39 Å².